The van der Waals surface area contributed by atoms with Crippen LogP contribution in [0.15, 0.2) is 24.3 Å². The number of aliphatic hydroxyl groups excluding tert-OH is 1. The second-order valence-electron chi connectivity index (χ2n) is 4.89. The highest BCUT2D eigenvalue weighted by Crippen LogP contribution is 2.34. The second kappa shape index (κ2) is 4.67. The van der Waals surface area contributed by atoms with Gasteiger partial charge in [-0.2, -0.15) is 0 Å². The number of benzene rings is 1. The maximum atomic E-state index is 9.43. The average molecular weight is 233 g/mol. The van der Waals surface area contributed by atoms with Crippen molar-refractivity contribution < 1.29 is 9.84 Å². The third kappa shape index (κ3) is 1.94. The molecule has 1 aromatic rings. The molecule has 0 aromatic heterocycles. The molecule has 1 N–H and O–H groups in total. The van der Waals surface area contributed by atoms with Gasteiger partial charge in [-0.3, -0.25) is 0 Å². The van der Waals surface area contributed by atoms with Crippen molar-refractivity contribution in [3.63, 3.8) is 0 Å². The number of ether oxygens (including phenoxy) is 1. The number of fused-ring (bicyclic) bond motifs is 1. The van der Waals surface area contributed by atoms with Gasteiger partial charge < -0.3 is 14.7 Å². The van der Waals surface area contributed by atoms with Crippen molar-refractivity contribution in [3.8, 4) is 0 Å². The van der Waals surface area contributed by atoms with Crippen LogP contribution in [-0.4, -0.2) is 30.4 Å². The summed E-state index contributed by atoms with van der Waals surface area (Å²) in [5.41, 5.74) is 2.22. The predicted molar refractivity (Wildman–Crippen MR) is 67.1 cm³/mol. The molecular weight excluding hydrogens is 214 g/mol. The maximum Gasteiger partial charge on any atom is 0.0779 e. The van der Waals surface area contributed by atoms with E-state index in [1.54, 1.807) is 0 Å². The van der Waals surface area contributed by atoms with E-state index >= 15 is 0 Å². The Morgan fingerprint density at radius 1 is 1.29 bits per heavy atom. The van der Waals surface area contributed by atoms with Crippen LogP contribution in [0.5, 0.6) is 0 Å². The summed E-state index contributed by atoms with van der Waals surface area (Å²) in [7, 11) is 0. The molecule has 2 atom stereocenters. The summed E-state index contributed by atoms with van der Waals surface area (Å²) in [4.78, 5) is 2.44. The van der Waals surface area contributed by atoms with Crippen LogP contribution in [-0.2, 0) is 11.3 Å². The molecule has 1 saturated heterocycles. The van der Waals surface area contributed by atoms with E-state index < -0.39 is 0 Å². The van der Waals surface area contributed by atoms with Gasteiger partial charge in [-0.05, 0) is 25.3 Å². The number of hydrogen-bond acceptors (Lipinski definition) is 3. The van der Waals surface area contributed by atoms with E-state index in [1.165, 1.54) is 24.9 Å². The minimum atomic E-state index is 0.116. The number of aliphatic hydroxyl groups is 1. The molecule has 17 heavy (non-hydrogen) atoms. The second-order valence-corrected chi connectivity index (χ2v) is 4.89. The third-order valence-electron chi connectivity index (χ3n) is 3.95. The van der Waals surface area contributed by atoms with Crippen molar-refractivity contribution in [2.75, 3.05) is 18.1 Å². The first-order valence-corrected chi connectivity index (χ1v) is 6.47. The van der Waals surface area contributed by atoms with Crippen molar-refractivity contribution in [2.24, 2.45) is 0 Å². The summed E-state index contributed by atoms with van der Waals surface area (Å²) in [6, 6.07) is 8.67. The van der Waals surface area contributed by atoms with Gasteiger partial charge in [-0.15, -0.1) is 0 Å². The smallest absolute Gasteiger partial charge is 0.0779 e. The summed E-state index contributed by atoms with van der Waals surface area (Å²) in [5.74, 6) is 0. The van der Waals surface area contributed by atoms with Crippen LogP contribution in [0, 0.1) is 0 Å². The molecule has 1 saturated carbocycles. The van der Waals surface area contributed by atoms with E-state index in [4.69, 9.17) is 4.74 Å². The number of para-hydroxylation sites is 1. The van der Waals surface area contributed by atoms with Crippen LogP contribution < -0.4 is 4.90 Å². The zero-order valence-electron chi connectivity index (χ0n) is 10.0. The molecule has 92 valence electrons. The van der Waals surface area contributed by atoms with Crippen molar-refractivity contribution in [1.29, 1.82) is 0 Å². The summed E-state index contributed by atoms with van der Waals surface area (Å²) in [5, 5.41) is 9.43. The van der Waals surface area contributed by atoms with E-state index in [1.807, 2.05) is 18.2 Å². The minimum absolute atomic E-state index is 0.116. The third-order valence-corrected chi connectivity index (χ3v) is 3.95. The van der Waals surface area contributed by atoms with Gasteiger partial charge in [0.25, 0.3) is 0 Å². The molecule has 0 radical (unpaired) electrons. The van der Waals surface area contributed by atoms with E-state index in [2.05, 4.69) is 11.0 Å². The number of anilines is 1. The van der Waals surface area contributed by atoms with Crippen LogP contribution in [0.3, 0.4) is 0 Å². The van der Waals surface area contributed by atoms with Crippen molar-refractivity contribution >= 4 is 5.69 Å². The van der Waals surface area contributed by atoms with Crippen LogP contribution in [0.4, 0.5) is 5.69 Å². The van der Waals surface area contributed by atoms with Gasteiger partial charge in [0, 0.05) is 17.8 Å². The first kappa shape index (κ1) is 11.1. The van der Waals surface area contributed by atoms with Crippen LogP contribution in [0.1, 0.15) is 24.8 Å². The topological polar surface area (TPSA) is 32.7 Å². The normalized spacial score (nSPS) is 28.2. The van der Waals surface area contributed by atoms with Gasteiger partial charge >= 0.3 is 0 Å². The Balaban J connectivity index is 1.91. The molecule has 0 amide bonds. The van der Waals surface area contributed by atoms with Crippen LogP contribution >= 0.6 is 0 Å². The van der Waals surface area contributed by atoms with Gasteiger partial charge in [-0.25, -0.2) is 0 Å². The minimum Gasteiger partial charge on any atom is -0.392 e. The highest BCUT2D eigenvalue weighted by atomic mass is 16.5. The first-order chi connectivity index (χ1) is 8.40. The molecule has 1 heterocycles. The fourth-order valence-corrected chi connectivity index (χ4v) is 3.15. The van der Waals surface area contributed by atoms with Crippen molar-refractivity contribution in [3.05, 3.63) is 29.8 Å². The fraction of sp³-hybridized carbons (Fsp3) is 0.571. The maximum absolute atomic E-state index is 9.43. The average Bonchev–Trinajstić information content (AvgIpc) is 2.86. The molecule has 2 aliphatic rings. The Labute approximate surface area is 102 Å². The van der Waals surface area contributed by atoms with Gasteiger partial charge in [-0.1, -0.05) is 18.2 Å². The van der Waals surface area contributed by atoms with Crippen LogP contribution in [0.2, 0.25) is 0 Å². The Hall–Kier alpha value is -1.06. The van der Waals surface area contributed by atoms with E-state index in [-0.39, 0.29) is 6.61 Å². The van der Waals surface area contributed by atoms with Crippen molar-refractivity contribution in [2.45, 2.75) is 38.0 Å². The number of morpholine rings is 1. The molecular formula is C14H19NO2. The first-order valence-electron chi connectivity index (χ1n) is 6.47. The van der Waals surface area contributed by atoms with Gasteiger partial charge in [0.1, 0.15) is 0 Å². The molecule has 1 aliphatic carbocycles. The lowest BCUT2D eigenvalue weighted by Gasteiger charge is -2.40. The molecule has 1 aromatic carbocycles. The van der Waals surface area contributed by atoms with Crippen molar-refractivity contribution in [1.82, 2.24) is 0 Å². The van der Waals surface area contributed by atoms with Gasteiger partial charge in [0.05, 0.1) is 25.4 Å². The highest BCUT2D eigenvalue weighted by Gasteiger charge is 2.36. The predicted octanol–water partition coefficient (Wildman–Crippen LogP) is 1.94. The van der Waals surface area contributed by atoms with E-state index in [9.17, 15) is 5.11 Å². The Morgan fingerprint density at radius 3 is 3.06 bits per heavy atom. The summed E-state index contributed by atoms with van der Waals surface area (Å²) >= 11 is 0. The molecule has 3 rings (SSSR count). The monoisotopic (exact) mass is 233 g/mol. The largest absolute Gasteiger partial charge is 0.392 e. The SMILES string of the molecule is OCc1ccccc1N1CCOC2CCCC21. The fourth-order valence-electron chi connectivity index (χ4n) is 3.15. The molecule has 1 aliphatic heterocycles. The molecule has 3 nitrogen and oxygen atoms in total. The number of hydrogen-bond donors (Lipinski definition) is 1. The lowest BCUT2D eigenvalue weighted by molar-refractivity contribution is 0.0255. The zero-order valence-corrected chi connectivity index (χ0v) is 10.0. The molecule has 0 spiro atoms. The van der Waals surface area contributed by atoms with E-state index in [0.717, 1.165) is 18.7 Å². The summed E-state index contributed by atoms with van der Waals surface area (Å²) in [6.45, 7) is 1.87. The molecule has 2 unspecified atom stereocenters. The van der Waals surface area contributed by atoms with Gasteiger partial charge in [0.15, 0.2) is 0 Å². The Bertz CT molecular complexity index is 394. The summed E-state index contributed by atoms with van der Waals surface area (Å²) in [6.07, 6.45) is 4.05. The zero-order chi connectivity index (χ0) is 11.7. The van der Waals surface area contributed by atoms with E-state index in [0.29, 0.717) is 12.1 Å². The molecule has 0 bridgehead atoms. The molecule has 2 fully saturated rings. The lowest BCUT2D eigenvalue weighted by Crippen LogP contribution is -2.49. The van der Waals surface area contributed by atoms with Crippen LogP contribution in [0.25, 0.3) is 0 Å². The Kier molecular flexibility index (Phi) is 3.04. The van der Waals surface area contributed by atoms with Gasteiger partial charge in [0.2, 0.25) is 0 Å². The molecule has 3 heteroatoms. The quantitative estimate of drug-likeness (QED) is 0.847. The number of rotatable bonds is 2. The Morgan fingerprint density at radius 2 is 2.18 bits per heavy atom. The summed E-state index contributed by atoms with van der Waals surface area (Å²) < 4.78 is 5.82. The standard InChI is InChI=1S/C14H19NO2/c16-10-11-4-1-2-5-12(11)15-8-9-17-14-7-3-6-13(14)15/h1-2,4-5,13-14,16H,3,6-10H2. The lowest BCUT2D eigenvalue weighted by atomic mass is 10.1. The highest BCUT2D eigenvalue weighted by molar-refractivity contribution is 5.55. The number of nitrogens with zero attached hydrogens (tertiary/aromatic N) is 1.